The summed E-state index contributed by atoms with van der Waals surface area (Å²) in [5, 5.41) is 4.00. The number of rotatable bonds is 8. The zero-order chi connectivity index (χ0) is 13.4. The number of halogens is 1. The second-order valence-corrected chi connectivity index (χ2v) is 6.00. The van der Waals surface area contributed by atoms with Crippen LogP contribution in [-0.2, 0) is 15.5 Å². The molecule has 0 fully saturated rings. The van der Waals surface area contributed by atoms with Crippen molar-refractivity contribution in [1.29, 1.82) is 0 Å². The third-order valence-corrected chi connectivity index (χ3v) is 4.23. The lowest BCUT2D eigenvalue weighted by Gasteiger charge is -2.17. The van der Waals surface area contributed by atoms with Crippen molar-refractivity contribution >= 4 is 22.4 Å². The summed E-state index contributed by atoms with van der Waals surface area (Å²) in [4.78, 5) is 0.804. The van der Waals surface area contributed by atoms with Crippen molar-refractivity contribution < 1.29 is 8.95 Å². The monoisotopic (exact) mass is 289 g/mol. The summed E-state index contributed by atoms with van der Waals surface area (Å²) in [6.45, 7) is 3.58. The number of nitrogens with one attached hydrogen (secondary N) is 1. The van der Waals surface area contributed by atoms with E-state index in [1.54, 1.807) is 19.2 Å². The Morgan fingerprint density at radius 2 is 2.06 bits per heavy atom. The van der Waals surface area contributed by atoms with Gasteiger partial charge in [0.15, 0.2) is 0 Å². The molecule has 0 radical (unpaired) electrons. The van der Waals surface area contributed by atoms with Crippen LogP contribution in [0.5, 0.6) is 0 Å². The SMILES string of the molecule is CCCNC(COC)CS(=O)c1ccc(Cl)cc1. The van der Waals surface area contributed by atoms with Gasteiger partial charge in [-0.15, -0.1) is 0 Å². The Bertz CT molecular complexity index is 370. The second kappa shape index (κ2) is 8.64. The molecule has 2 unspecified atom stereocenters. The van der Waals surface area contributed by atoms with E-state index in [0.29, 0.717) is 17.4 Å². The summed E-state index contributed by atoms with van der Waals surface area (Å²) in [6, 6.07) is 7.26. The Balaban J connectivity index is 2.56. The van der Waals surface area contributed by atoms with Crippen molar-refractivity contribution in [1.82, 2.24) is 5.32 Å². The molecular formula is C13H20ClNO2S. The van der Waals surface area contributed by atoms with Gasteiger partial charge in [0.2, 0.25) is 0 Å². The van der Waals surface area contributed by atoms with Crippen LogP contribution >= 0.6 is 11.6 Å². The average Bonchev–Trinajstić information content (AvgIpc) is 2.37. The highest BCUT2D eigenvalue weighted by Crippen LogP contribution is 2.13. The predicted molar refractivity (Wildman–Crippen MR) is 76.7 cm³/mol. The zero-order valence-electron chi connectivity index (χ0n) is 10.8. The standard InChI is InChI=1S/C13H20ClNO2S/c1-3-8-15-12(9-17-2)10-18(16)13-6-4-11(14)5-7-13/h4-7,12,15H,3,8-10H2,1-2H3. The molecule has 1 aromatic rings. The zero-order valence-corrected chi connectivity index (χ0v) is 12.4. The molecule has 1 N–H and O–H groups in total. The maximum Gasteiger partial charge on any atom is 0.0624 e. The van der Waals surface area contributed by atoms with Crippen molar-refractivity contribution in [2.24, 2.45) is 0 Å². The van der Waals surface area contributed by atoms with Gasteiger partial charge in [-0.3, -0.25) is 4.21 Å². The van der Waals surface area contributed by atoms with Crippen LogP contribution in [0, 0.1) is 0 Å². The van der Waals surface area contributed by atoms with E-state index >= 15 is 0 Å². The number of benzene rings is 1. The summed E-state index contributed by atoms with van der Waals surface area (Å²) in [7, 11) is 0.631. The van der Waals surface area contributed by atoms with Crippen LogP contribution in [0.3, 0.4) is 0 Å². The van der Waals surface area contributed by atoms with Gasteiger partial charge < -0.3 is 10.1 Å². The van der Waals surface area contributed by atoms with Gasteiger partial charge in [-0.05, 0) is 37.2 Å². The number of methoxy groups -OCH3 is 1. The summed E-state index contributed by atoms with van der Waals surface area (Å²) in [5.74, 6) is 0.551. The molecule has 0 aliphatic carbocycles. The Kier molecular flexibility index (Phi) is 7.51. The molecule has 1 aromatic carbocycles. The lowest BCUT2D eigenvalue weighted by molar-refractivity contribution is 0.173. The highest BCUT2D eigenvalue weighted by atomic mass is 35.5. The number of hydrogen-bond acceptors (Lipinski definition) is 3. The van der Waals surface area contributed by atoms with Gasteiger partial charge in [0.05, 0.1) is 17.4 Å². The Labute approximate surface area is 116 Å². The molecule has 0 saturated heterocycles. The maximum absolute atomic E-state index is 12.2. The van der Waals surface area contributed by atoms with Crippen LogP contribution in [0.25, 0.3) is 0 Å². The quantitative estimate of drug-likeness (QED) is 0.799. The van der Waals surface area contributed by atoms with Gasteiger partial charge in [0, 0.05) is 28.8 Å². The first-order chi connectivity index (χ1) is 8.67. The highest BCUT2D eigenvalue weighted by Gasteiger charge is 2.13. The van der Waals surface area contributed by atoms with Gasteiger partial charge in [0.25, 0.3) is 0 Å². The molecule has 102 valence electrons. The largest absolute Gasteiger partial charge is 0.383 e. The van der Waals surface area contributed by atoms with E-state index in [0.717, 1.165) is 17.9 Å². The van der Waals surface area contributed by atoms with E-state index in [1.807, 2.05) is 12.1 Å². The van der Waals surface area contributed by atoms with Crippen molar-refractivity contribution in [3.8, 4) is 0 Å². The summed E-state index contributed by atoms with van der Waals surface area (Å²) in [6.07, 6.45) is 1.05. The van der Waals surface area contributed by atoms with E-state index < -0.39 is 10.8 Å². The van der Waals surface area contributed by atoms with Crippen molar-refractivity contribution in [3.63, 3.8) is 0 Å². The lowest BCUT2D eigenvalue weighted by atomic mass is 10.3. The smallest absolute Gasteiger partial charge is 0.0624 e. The minimum atomic E-state index is -1.03. The summed E-state index contributed by atoms with van der Waals surface area (Å²) >= 11 is 5.81. The molecule has 5 heteroatoms. The van der Waals surface area contributed by atoms with Gasteiger partial charge >= 0.3 is 0 Å². The minimum Gasteiger partial charge on any atom is -0.383 e. The Morgan fingerprint density at radius 3 is 2.61 bits per heavy atom. The van der Waals surface area contributed by atoms with Crippen LogP contribution < -0.4 is 5.32 Å². The topological polar surface area (TPSA) is 38.3 Å². The maximum atomic E-state index is 12.2. The van der Waals surface area contributed by atoms with Gasteiger partial charge in [-0.25, -0.2) is 0 Å². The fourth-order valence-corrected chi connectivity index (χ4v) is 2.92. The van der Waals surface area contributed by atoms with E-state index in [4.69, 9.17) is 16.3 Å². The molecule has 1 rings (SSSR count). The van der Waals surface area contributed by atoms with Gasteiger partial charge in [-0.2, -0.15) is 0 Å². The molecule has 3 nitrogen and oxygen atoms in total. The first-order valence-corrected chi connectivity index (χ1v) is 7.73. The normalized spacial score (nSPS) is 14.4. The van der Waals surface area contributed by atoms with Crippen LogP contribution in [0.15, 0.2) is 29.2 Å². The fraction of sp³-hybridized carbons (Fsp3) is 0.538. The molecule has 0 aliphatic rings. The molecule has 0 bridgehead atoms. The van der Waals surface area contributed by atoms with Gasteiger partial charge in [-0.1, -0.05) is 18.5 Å². The van der Waals surface area contributed by atoms with E-state index in [-0.39, 0.29) is 6.04 Å². The van der Waals surface area contributed by atoms with Gasteiger partial charge in [0.1, 0.15) is 0 Å². The van der Waals surface area contributed by atoms with Crippen molar-refractivity contribution in [3.05, 3.63) is 29.3 Å². The molecule has 0 spiro atoms. The molecule has 0 heterocycles. The third kappa shape index (κ3) is 5.48. The Hall–Kier alpha value is -0.420. The van der Waals surface area contributed by atoms with Crippen LogP contribution in [-0.4, -0.2) is 36.3 Å². The third-order valence-electron chi connectivity index (χ3n) is 2.48. The molecule has 0 amide bonds. The van der Waals surface area contributed by atoms with Crippen LogP contribution in [0.1, 0.15) is 13.3 Å². The first kappa shape index (κ1) is 15.6. The molecule has 0 saturated carbocycles. The lowest BCUT2D eigenvalue weighted by Crippen LogP contribution is -2.38. The second-order valence-electron chi connectivity index (χ2n) is 4.07. The average molecular weight is 290 g/mol. The van der Waals surface area contributed by atoms with Crippen molar-refractivity contribution in [2.45, 2.75) is 24.3 Å². The first-order valence-electron chi connectivity index (χ1n) is 6.03. The van der Waals surface area contributed by atoms with Crippen molar-refractivity contribution in [2.75, 3.05) is 26.0 Å². The summed E-state index contributed by atoms with van der Waals surface area (Å²) in [5.41, 5.74) is 0. The molecular weight excluding hydrogens is 270 g/mol. The summed E-state index contributed by atoms with van der Waals surface area (Å²) < 4.78 is 17.3. The number of ether oxygens (including phenoxy) is 1. The fourth-order valence-electron chi connectivity index (χ4n) is 1.58. The molecule has 0 aromatic heterocycles. The van der Waals surface area contributed by atoms with Crippen LogP contribution in [0.4, 0.5) is 0 Å². The predicted octanol–water partition coefficient (Wildman–Crippen LogP) is 2.46. The van der Waals surface area contributed by atoms with E-state index in [9.17, 15) is 4.21 Å². The highest BCUT2D eigenvalue weighted by molar-refractivity contribution is 7.85. The van der Waals surface area contributed by atoms with Crippen LogP contribution in [0.2, 0.25) is 5.02 Å². The molecule has 2 atom stereocenters. The molecule has 0 aliphatic heterocycles. The minimum absolute atomic E-state index is 0.117. The van der Waals surface area contributed by atoms with E-state index in [2.05, 4.69) is 12.2 Å². The number of hydrogen-bond donors (Lipinski definition) is 1. The molecule has 18 heavy (non-hydrogen) atoms. The van der Waals surface area contributed by atoms with E-state index in [1.165, 1.54) is 0 Å². The Morgan fingerprint density at radius 1 is 1.39 bits per heavy atom.